The number of nitrogens with zero attached hydrogens (tertiary/aromatic N) is 1. The Kier molecular flexibility index (Phi) is 6.65. The number of likely N-dealkylation sites (N-methyl/N-ethyl adjacent to an activating group) is 1. The number of hydrogen-bond acceptors (Lipinski definition) is 3. The zero-order valence-electron chi connectivity index (χ0n) is 12.0. The lowest BCUT2D eigenvalue weighted by molar-refractivity contribution is -0.138. The van der Waals surface area contributed by atoms with Crippen molar-refractivity contribution in [3.05, 3.63) is 0 Å². The third kappa shape index (κ3) is 4.58. The van der Waals surface area contributed by atoms with Gasteiger partial charge in [-0.2, -0.15) is 0 Å². The van der Waals surface area contributed by atoms with Crippen LogP contribution >= 0.6 is 0 Å². The van der Waals surface area contributed by atoms with Gasteiger partial charge in [-0.1, -0.05) is 12.8 Å². The summed E-state index contributed by atoms with van der Waals surface area (Å²) in [7, 11) is 1.87. The molecule has 1 rings (SSSR count). The summed E-state index contributed by atoms with van der Waals surface area (Å²) < 4.78 is 5.48. The maximum atomic E-state index is 12.4. The van der Waals surface area contributed by atoms with Crippen molar-refractivity contribution in [3.8, 4) is 0 Å². The van der Waals surface area contributed by atoms with E-state index in [4.69, 9.17) is 10.5 Å². The molecule has 0 aromatic carbocycles. The van der Waals surface area contributed by atoms with E-state index in [1.165, 1.54) is 6.42 Å². The fourth-order valence-electron chi connectivity index (χ4n) is 2.63. The van der Waals surface area contributed by atoms with Crippen molar-refractivity contribution in [2.24, 2.45) is 17.6 Å². The van der Waals surface area contributed by atoms with Crippen molar-refractivity contribution in [1.29, 1.82) is 0 Å². The second-order valence-corrected chi connectivity index (χ2v) is 5.57. The van der Waals surface area contributed by atoms with Gasteiger partial charge >= 0.3 is 0 Å². The van der Waals surface area contributed by atoms with Crippen molar-refractivity contribution in [2.45, 2.75) is 45.6 Å². The van der Waals surface area contributed by atoms with E-state index in [0.29, 0.717) is 25.6 Å². The van der Waals surface area contributed by atoms with Gasteiger partial charge in [0.05, 0.1) is 12.7 Å². The van der Waals surface area contributed by atoms with E-state index >= 15 is 0 Å². The van der Waals surface area contributed by atoms with Gasteiger partial charge < -0.3 is 15.4 Å². The number of carbonyl (C=O) groups excluding carboxylic acids is 1. The number of rotatable bonds is 6. The topological polar surface area (TPSA) is 55.6 Å². The van der Waals surface area contributed by atoms with Crippen LogP contribution in [0.3, 0.4) is 0 Å². The Balaban J connectivity index is 2.41. The predicted octanol–water partition coefficient (Wildman–Crippen LogP) is 1.63. The first-order valence-electron chi connectivity index (χ1n) is 7.13. The number of ether oxygens (including phenoxy) is 1. The van der Waals surface area contributed by atoms with Crippen LogP contribution in [0.5, 0.6) is 0 Å². The minimum atomic E-state index is 0.132. The van der Waals surface area contributed by atoms with E-state index in [1.807, 2.05) is 20.9 Å². The molecule has 18 heavy (non-hydrogen) atoms. The number of carbonyl (C=O) groups is 1. The van der Waals surface area contributed by atoms with Crippen LogP contribution in [-0.2, 0) is 9.53 Å². The molecule has 0 heterocycles. The van der Waals surface area contributed by atoms with Gasteiger partial charge in [0.2, 0.25) is 5.91 Å². The summed E-state index contributed by atoms with van der Waals surface area (Å²) in [6, 6.07) is 0. The van der Waals surface area contributed by atoms with Gasteiger partial charge in [-0.25, -0.2) is 0 Å². The molecule has 2 atom stereocenters. The molecule has 0 aromatic heterocycles. The van der Waals surface area contributed by atoms with E-state index in [9.17, 15) is 4.79 Å². The third-order valence-corrected chi connectivity index (χ3v) is 3.78. The fraction of sp³-hybridized carbons (Fsp3) is 0.929. The minimum Gasteiger partial charge on any atom is -0.377 e. The van der Waals surface area contributed by atoms with E-state index < -0.39 is 0 Å². The molecule has 1 aliphatic rings. The predicted molar refractivity (Wildman–Crippen MR) is 73.2 cm³/mol. The summed E-state index contributed by atoms with van der Waals surface area (Å²) in [5, 5.41) is 0. The van der Waals surface area contributed by atoms with Crippen molar-refractivity contribution in [2.75, 3.05) is 26.7 Å². The summed E-state index contributed by atoms with van der Waals surface area (Å²) in [5.74, 6) is 0.755. The van der Waals surface area contributed by atoms with Crippen molar-refractivity contribution in [1.82, 2.24) is 4.90 Å². The van der Waals surface area contributed by atoms with Crippen LogP contribution in [0.25, 0.3) is 0 Å². The first-order valence-corrected chi connectivity index (χ1v) is 7.13. The smallest absolute Gasteiger partial charge is 0.225 e. The number of nitrogens with two attached hydrogens (primary N) is 1. The van der Waals surface area contributed by atoms with Crippen LogP contribution in [0.2, 0.25) is 0 Å². The molecule has 0 saturated heterocycles. The SMILES string of the molecule is CC(C)OCCN(C)C(=O)C1CCCCC1CN. The van der Waals surface area contributed by atoms with Gasteiger partial charge in [-0.15, -0.1) is 0 Å². The molecule has 0 bridgehead atoms. The van der Waals surface area contributed by atoms with Crippen LogP contribution in [0.1, 0.15) is 39.5 Å². The zero-order valence-corrected chi connectivity index (χ0v) is 12.0. The lowest BCUT2D eigenvalue weighted by atomic mass is 9.78. The second kappa shape index (κ2) is 7.74. The lowest BCUT2D eigenvalue weighted by Gasteiger charge is -2.32. The molecule has 0 radical (unpaired) electrons. The number of hydrogen-bond donors (Lipinski definition) is 1. The second-order valence-electron chi connectivity index (χ2n) is 5.57. The fourth-order valence-corrected chi connectivity index (χ4v) is 2.63. The van der Waals surface area contributed by atoms with E-state index in [0.717, 1.165) is 19.3 Å². The van der Waals surface area contributed by atoms with Gasteiger partial charge in [0.15, 0.2) is 0 Å². The Labute approximate surface area is 111 Å². The highest BCUT2D eigenvalue weighted by molar-refractivity contribution is 5.79. The zero-order chi connectivity index (χ0) is 13.5. The van der Waals surface area contributed by atoms with Gasteiger partial charge in [-0.05, 0) is 39.2 Å². The third-order valence-electron chi connectivity index (χ3n) is 3.78. The lowest BCUT2D eigenvalue weighted by Crippen LogP contribution is -2.41. The van der Waals surface area contributed by atoms with Crippen LogP contribution in [0.4, 0.5) is 0 Å². The molecule has 1 amide bonds. The Morgan fingerprint density at radius 2 is 2.06 bits per heavy atom. The van der Waals surface area contributed by atoms with Gasteiger partial charge in [0, 0.05) is 19.5 Å². The molecular weight excluding hydrogens is 228 g/mol. The van der Waals surface area contributed by atoms with E-state index in [-0.39, 0.29) is 17.9 Å². The summed E-state index contributed by atoms with van der Waals surface area (Å²) in [5.41, 5.74) is 5.78. The molecule has 1 fully saturated rings. The average Bonchev–Trinajstić information content (AvgIpc) is 2.37. The van der Waals surface area contributed by atoms with E-state index in [2.05, 4.69) is 0 Å². The molecule has 4 nitrogen and oxygen atoms in total. The van der Waals surface area contributed by atoms with E-state index in [1.54, 1.807) is 4.90 Å². The van der Waals surface area contributed by atoms with Gasteiger partial charge in [-0.3, -0.25) is 4.79 Å². The van der Waals surface area contributed by atoms with Crippen LogP contribution in [0, 0.1) is 11.8 Å². The monoisotopic (exact) mass is 256 g/mol. The van der Waals surface area contributed by atoms with Crippen LogP contribution in [0.15, 0.2) is 0 Å². The molecule has 2 N–H and O–H groups in total. The Bertz CT molecular complexity index is 256. The maximum Gasteiger partial charge on any atom is 0.225 e. The summed E-state index contributed by atoms with van der Waals surface area (Å²) >= 11 is 0. The molecule has 4 heteroatoms. The first-order chi connectivity index (χ1) is 8.56. The molecular formula is C14H28N2O2. The van der Waals surface area contributed by atoms with Gasteiger partial charge in [0.1, 0.15) is 0 Å². The Morgan fingerprint density at radius 1 is 1.39 bits per heavy atom. The van der Waals surface area contributed by atoms with Crippen LogP contribution < -0.4 is 5.73 Å². The first kappa shape index (κ1) is 15.4. The molecule has 0 spiro atoms. The summed E-state index contributed by atoms with van der Waals surface area (Å²) in [6.45, 7) is 5.93. The molecule has 0 aliphatic heterocycles. The summed E-state index contributed by atoms with van der Waals surface area (Å²) in [4.78, 5) is 14.2. The van der Waals surface area contributed by atoms with Crippen molar-refractivity contribution >= 4 is 5.91 Å². The van der Waals surface area contributed by atoms with Crippen molar-refractivity contribution < 1.29 is 9.53 Å². The van der Waals surface area contributed by atoms with Crippen LogP contribution in [-0.4, -0.2) is 43.7 Å². The largest absolute Gasteiger partial charge is 0.377 e. The van der Waals surface area contributed by atoms with Crippen molar-refractivity contribution in [3.63, 3.8) is 0 Å². The molecule has 0 aromatic rings. The average molecular weight is 256 g/mol. The Morgan fingerprint density at radius 3 is 2.67 bits per heavy atom. The molecule has 1 saturated carbocycles. The highest BCUT2D eigenvalue weighted by Crippen LogP contribution is 2.30. The van der Waals surface area contributed by atoms with Gasteiger partial charge in [0.25, 0.3) is 0 Å². The standard InChI is InChI=1S/C14H28N2O2/c1-11(2)18-9-8-16(3)14(17)13-7-5-4-6-12(13)10-15/h11-13H,4-10,15H2,1-3H3. The summed E-state index contributed by atoms with van der Waals surface area (Å²) in [6.07, 6.45) is 4.69. The molecule has 2 unspecified atom stereocenters. The highest BCUT2D eigenvalue weighted by Gasteiger charge is 2.31. The molecule has 106 valence electrons. The minimum absolute atomic E-state index is 0.132. The maximum absolute atomic E-state index is 12.4. The number of amides is 1. The quantitative estimate of drug-likeness (QED) is 0.786. The molecule has 1 aliphatic carbocycles. The highest BCUT2D eigenvalue weighted by atomic mass is 16.5. The normalized spacial score (nSPS) is 24.3. The Hall–Kier alpha value is -0.610.